The molecule has 5 nitrogen and oxygen atoms in total. The fourth-order valence-corrected chi connectivity index (χ4v) is 3.41. The second-order valence-corrected chi connectivity index (χ2v) is 5.98. The monoisotopic (exact) mass is 271 g/mol. The van der Waals surface area contributed by atoms with Crippen LogP contribution in [0.25, 0.3) is 11.0 Å². The molecule has 2 atom stereocenters. The molecular weight excluding hydrogens is 254 g/mol. The highest BCUT2D eigenvalue weighted by molar-refractivity contribution is 5.75. The first-order chi connectivity index (χ1) is 9.74. The summed E-state index contributed by atoms with van der Waals surface area (Å²) >= 11 is 0. The minimum absolute atomic E-state index is 0.203. The molecule has 0 bridgehead atoms. The molecule has 0 saturated heterocycles. The van der Waals surface area contributed by atoms with Gasteiger partial charge in [0, 0.05) is 18.2 Å². The number of fused-ring (bicyclic) bond motifs is 1. The van der Waals surface area contributed by atoms with Gasteiger partial charge in [0.2, 0.25) is 0 Å². The van der Waals surface area contributed by atoms with Crippen LogP contribution >= 0.6 is 0 Å². The third kappa shape index (κ3) is 1.80. The summed E-state index contributed by atoms with van der Waals surface area (Å²) in [5.74, 6) is 0.497. The second kappa shape index (κ2) is 4.30. The molecule has 2 unspecified atom stereocenters. The Morgan fingerprint density at radius 3 is 2.85 bits per heavy atom. The Labute approximate surface area is 116 Å². The minimum Gasteiger partial charge on any atom is -0.481 e. The number of rotatable bonds is 3. The summed E-state index contributed by atoms with van der Waals surface area (Å²) in [6, 6.07) is 2.58. The largest absolute Gasteiger partial charge is 0.481 e. The lowest BCUT2D eigenvalue weighted by Crippen LogP contribution is -2.11. The Bertz CT molecular complexity index is 675. The van der Waals surface area contributed by atoms with Gasteiger partial charge in [-0.3, -0.25) is 9.78 Å². The number of hydrogen-bond donors (Lipinski definition) is 1. The molecule has 0 aliphatic heterocycles. The number of carboxylic acids is 1. The number of aliphatic carboxylic acids is 1. The maximum absolute atomic E-state index is 11.1. The van der Waals surface area contributed by atoms with Crippen molar-refractivity contribution in [1.82, 2.24) is 14.5 Å². The summed E-state index contributed by atoms with van der Waals surface area (Å²) in [5, 5.41) is 9.17. The van der Waals surface area contributed by atoms with Crippen LogP contribution in [0, 0.1) is 5.92 Å². The summed E-state index contributed by atoms with van der Waals surface area (Å²) in [7, 11) is 0. The Morgan fingerprint density at radius 1 is 1.30 bits per heavy atom. The molecule has 0 amide bonds. The summed E-state index contributed by atoms with van der Waals surface area (Å²) in [5.41, 5.74) is 2.09. The van der Waals surface area contributed by atoms with Gasteiger partial charge in [-0.2, -0.15) is 0 Å². The molecule has 0 spiro atoms. The predicted octanol–water partition coefficient (Wildman–Crippen LogP) is 2.73. The Morgan fingerprint density at radius 2 is 2.15 bits per heavy atom. The van der Waals surface area contributed by atoms with E-state index in [-0.39, 0.29) is 11.8 Å². The van der Waals surface area contributed by atoms with Crippen molar-refractivity contribution in [1.29, 1.82) is 0 Å². The van der Waals surface area contributed by atoms with Crippen LogP contribution in [-0.2, 0) is 4.79 Å². The van der Waals surface area contributed by atoms with Crippen molar-refractivity contribution in [2.75, 3.05) is 0 Å². The third-order valence-electron chi connectivity index (χ3n) is 4.58. The molecule has 2 aliphatic rings. The van der Waals surface area contributed by atoms with Crippen molar-refractivity contribution in [2.24, 2.45) is 5.92 Å². The fourth-order valence-electron chi connectivity index (χ4n) is 3.41. The van der Waals surface area contributed by atoms with Crippen LogP contribution in [0.3, 0.4) is 0 Å². The standard InChI is InChI=1S/C15H17N3O2/c19-15(20)10-2-1-9(7-10)14-17-12-8-16-6-5-13(12)18(14)11-3-4-11/h5-6,8-11H,1-4,7H2,(H,19,20). The topological polar surface area (TPSA) is 68.0 Å². The molecule has 5 heteroatoms. The van der Waals surface area contributed by atoms with Crippen molar-refractivity contribution in [2.45, 2.75) is 44.1 Å². The van der Waals surface area contributed by atoms with Crippen LogP contribution in [0.1, 0.15) is 49.9 Å². The Balaban J connectivity index is 1.76. The molecular formula is C15H17N3O2. The van der Waals surface area contributed by atoms with Crippen LogP contribution in [0.5, 0.6) is 0 Å². The molecule has 2 aliphatic carbocycles. The first-order valence-electron chi connectivity index (χ1n) is 7.28. The van der Waals surface area contributed by atoms with Crippen molar-refractivity contribution in [3.8, 4) is 0 Å². The van der Waals surface area contributed by atoms with Gasteiger partial charge >= 0.3 is 5.97 Å². The van der Waals surface area contributed by atoms with Crippen LogP contribution in [0.4, 0.5) is 0 Å². The van der Waals surface area contributed by atoms with E-state index in [9.17, 15) is 9.90 Å². The van der Waals surface area contributed by atoms with Gasteiger partial charge in [-0.15, -0.1) is 0 Å². The van der Waals surface area contributed by atoms with Gasteiger partial charge in [0.05, 0.1) is 17.6 Å². The smallest absolute Gasteiger partial charge is 0.306 e. The number of hydrogen-bond acceptors (Lipinski definition) is 3. The molecule has 0 aromatic carbocycles. The molecule has 2 saturated carbocycles. The Hall–Kier alpha value is -1.91. The van der Waals surface area contributed by atoms with Gasteiger partial charge in [-0.25, -0.2) is 4.98 Å². The van der Waals surface area contributed by atoms with E-state index in [1.807, 2.05) is 6.07 Å². The third-order valence-corrected chi connectivity index (χ3v) is 4.58. The molecule has 4 rings (SSSR count). The number of pyridine rings is 1. The molecule has 20 heavy (non-hydrogen) atoms. The molecule has 2 aromatic heterocycles. The number of nitrogens with zero attached hydrogens (tertiary/aromatic N) is 3. The zero-order valence-electron chi connectivity index (χ0n) is 11.2. The van der Waals surface area contributed by atoms with Gasteiger partial charge in [0.1, 0.15) is 11.3 Å². The summed E-state index contributed by atoms with van der Waals surface area (Å²) in [4.78, 5) is 20.0. The van der Waals surface area contributed by atoms with Gasteiger partial charge < -0.3 is 9.67 Å². The minimum atomic E-state index is -0.664. The highest BCUT2D eigenvalue weighted by Crippen LogP contribution is 2.44. The van der Waals surface area contributed by atoms with E-state index in [4.69, 9.17) is 4.98 Å². The maximum atomic E-state index is 11.1. The van der Waals surface area contributed by atoms with Crippen LogP contribution < -0.4 is 0 Å². The van der Waals surface area contributed by atoms with Crippen molar-refractivity contribution < 1.29 is 9.90 Å². The van der Waals surface area contributed by atoms with E-state index in [0.29, 0.717) is 6.04 Å². The van der Waals surface area contributed by atoms with E-state index >= 15 is 0 Å². The van der Waals surface area contributed by atoms with Crippen molar-refractivity contribution in [3.63, 3.8) is 0 Å². The molecule has 104 valence electrons. The van der Waals surface area contributed by atoms with E-state index < -0.39 is 5.97 Å². The number of carbonyl (C=O) groups is 1. The number of aromatic nitrogens is 3. The average Bonchev–Trinajstić information content (AvgIpc) is 3.04. The van der Waals surface area contributed by atoms with E-state index in [2.05, 4.69) is 9.55 Å². The summed E-state index contributed by atoms with van der Waals surface area (Å²) in [6.45, 7) is 0. The average molecular weight is 271 g/mol. The quantitative estimate of drug-likeness (QED) is 0.932. The second-order valence-electron chi connectivity index (χ2n) is 5.98. The molecule has 2 fully saturated rings. The van der Waals surface area contributed by atoms with Crippen LogP contribution in [0.15, 0.2) is 18.5 Å². The normalized spacial score (nSPS) is 26.2. The number of carboxylic acid groups (broad SMARTS) is 1. The van der Waals surface area contributed by atoms with Gasteiger partial charge in [0.15, 0.2) is 0 Å². The van der Waals surface area contributed by atoms with E-state index in [1.54, 1.807) is 12.4 Å². The fraction of sp³-hybridized carbons (Fsp3) is 0.533. The molecule has 2 aromatic rings. The number of imidazole rings is 1. The highest BCUT2D eigenvalue weighted by atomic mass is 16.4. The highest BCUT2D eigenvalue weighted by Gasteiger charge is 2.36. The zero-order chi connectivity index (χ0) is 13.7. The SMILES string of the molecule is O=C(O)C1CCC(c2nc3cnccc3n2C2CC2)C1. The molecule has 1 N–H and O–H groups in total. The van der Waals surface area contributed by atoms with E-state index in [1.165, 1.54) is 12.8 Å². The lowest BCUT2D eigenvalue weighted by molar-refractivity contribution is -0.141. The summed E-state index contributed by atoms with van der Waals surface area (Å²) in [6.07, 6.45) is 8.44. The maximum Gasteiger partial charge on any atom is 0.306 e. The van der Waals surface area contributed by atoms with Crippen LogP contribution in [0.2, 0.25) is 0 Å². The summed E-state index contributed by atoms with van der Waals surface area (Å²) < 4.78 is 2.34. The van der Waals surface area contributed by atoms with Crippen molar-refractivity contribution in [3.05, 3.63) is 24.3 Å². The zero-order valence-corrected chi connectivity index (χ0v) is 11.2. The lowest BCUT2D eigenvalue weighted by atomic mass is 10.0. The first kappa shape index (κ1) is 11.9. The molecule has 0 radical (unpaired) electrons. The van der Waals surface area contributed by atoms with Gasteiger partial charge in [0.25, 0.3) is 0 Å². The lowest BCUT2D eigenvalue weighted by Gasteiger charge is -2.13. The van der Waals surface area contributed by atoms with Crippen LogP contribution in [-0.4, -0.2) is 25.6 Å². The molecule has 2 heterocycles. The Kier molecular flexibility index (Phi) is 2.55. The van der Waals surface area contributed by atoms with Crippen molar-refractivity contribution >= 4 is 17.0 Å². The van der Waals surface area contributed by atoms with Gasteiger partial charge in [-0.05, 0) is 38.2 Å². The van der Waals surface area contributed by atoms with E-state index in [0.717, 1.165) is 36.1 Å². The van der Waals surface area contributed by atoms with Gasteiger partial charge in [-0.1, -0.05) is 0 Å². The first-order valence-corrected chi connectivity index (χ1v) is 7.28. The predicted molar refractivity (Wildman–Crippen MR) is 73.5 cm³/mol.